The molecular formula is C13H25N5. The van der Waals surface area contributed by atoms with Crippen LogP contribution < -0.4 is 5.32 Å². The maximum absolute atomic E-state index is 4.15. The van der Waals surface area contributed by atoms with Gasteiger partial charge in [-0.15, -0.1) is 5.10 Å². The number of nitrogens with one attached hydrogen (secondary N) is 1. The monoisotopic (exact) mass is 251 g/mol. The Hall–Kier alpha value is -0.970. The Morgan fingerprint density at radius 1 is 1.33 bits per heavy atom. The van der Waals surface area contributed by atoms with E-state index in [0.717, 1.165) is 30.7 Å². The van der Waals surface area contributed by atoms with Crippen LogP contribution >= 0.6 is 0 Å². The van der Waals surface area contributed by atoms with E-state index >= 15 is 0 Å². The molecule has 0 spiro atoms. The molecule has 1 aromatic rings. The first-order valence-corrected chi connectivity index (χ1v) is 7.20. The second kappa shape index (κ2) is 6.27. The third-order valence-electron chi connectivity index (χ3n) is 4.02. The van der Waals surface area contributed by atoms with Gasteiger partial charge in [-0.2, -0.15) is 0 Å². The van der Waals surface area contributed by atoms with Gasteiger partial charge in [0.05, 0.1) is 6.04 Å². The normalized spacial score (nSPS) is 26.2. The maximum atomic E-state index is 4.15. The van der Waals surface area contributed by atoms with Crippen molar-refractivity contribution in [3.05, 3.63) is 5.82 Å². The van der Waals surface area contributed by atoms with E-state index < -0.39 is 0 Å². The van der Waals surface area contributed by atoms with E-state index in [1.165, 1.54) is 25.7 Å². The van der Waals surface area contributed by atoms with Crippen LogP contribution in [0.5, 0.6) is 0 Å². The van der Waals surface area contributed by atoms with Crippen molar-refractivity contribution in [1.82, 2.24) is 25.5 Å². The summed E-state index contributed by atoms with van der Waals surface area (Å²) in [5, 5.41) is 15.5. The van der Waals surface area contributed by atoms with Crippen LogP contribution in [-0.4, -0.2) is 26.8 Å². The molecule has 0 aliphatic heterocycles. The van der Waals surface area contributed by atoms with Crippen LogP contribution in [0.25, 0.3) is 0 Å². The standard InChI is InChI=1S/C13H25N5/c1-4-14-11(3)13-15-16-17-18(13)9-12-7-5-10(2)6-8-12/h10-12,14H,4-9H2,1-3H3. The minimum absolute atomic E-state index is 0.229. The van der Waals surface area contributed by atoms with E-state index in [1.807, 2.05) is 4.68 Å². The van der Waals surface area contributed by atoms with Crippen LogP contribution in [0.3, 0.4) is 0 Å². The van der Waals surface area contributed by atoms with Crippen LogP contribution in [0.1, 0.15) is 58.3 Å². The van der Waals surface area contributed by atoms with E-state index in [2.05, 4.69) is 41.6 Å². The molecule has 1 heterocycles. The van der Waals surface area contributed by atoms with Gasteiger partial charge >= 0.3 is 0 Å². The van der Waals surface area contributed by atoms with Crippen molar-refractivity contribution in [2.75, 3.05) is 6.54 Å². The Kier molecular flexibility index (Phi) is 4.69. The van der Waals surface area contributed by atoms with Crippen LogP contribution in [0.4, 0.5) is 0 Å². The van der Waals surface area contributed by atoms with E-state index in [1.54, 1.807) is 0 Å². The second-order valence-electron chi connectivity index (χ2n) is 5.62. The fourth-order valence-corrected chi connectivity index (χ4v) is 2.81. The molecule has 1 N–H and O–H groups in total. The summed E-state index contributed by atoms with van der Waals surface area (Å²) in [5.41, 5.74) is 0. The van der Waals surface area contributed by atoms with Gasteiger partial charge in [0.15, 0.2) is 5.82 Å². The van der Waals surface area contributed by atoms with Crippen molar-refractivity contribution in [1.29, 1.82) is 0 Å². The summed E-state index contributed by atoms with van der Waals surface area (Å²) in [5.74, 6) is 2.61. The Labute approximate surface area is 109 Å². The van der Waals surface area contributed by atoms with Crippen molar-refractivity contribution >= 4 is 0 Å². The van der Waals surface area contributed by atoms with Crippen molar-refractivity contribution in [3.8, 4) is 0 Å². The summed E-state index contributed by atoms with van der Waals surface area (Å²) in [6.07, 6.45) is 5.34. The largest absolute Gasteiger partial charge is 0.308 e. The average Bonchev–Trinajstić information content (AvgIpc) is 2.81. The summed E-state index contributed by atoms with van der Waals surface area (Å²) < 4.78 is 1.99. The van der Waals surface area contributed by atoms with Crippen LogP contribution in [0.2, 0.25) is 0 Å². The highest BCUT2D eigenvalue weighted by molar-refractivity contribution is 4.90. The van der Waals surface area contributed by atoms with Gasteiger partial charge < -0.3 is 5.32 Å². The van der Waals surface area contributed by atoms with Gasteiger partial charge in [-0.05, 0) is 48.6 Å². The third kappa shape index (κ3) is 3.28. The minimum Gasteiger partial charge on any atom is -0.308 e. The summed E-state index contributed by atoms with van der Waals surface area (Å²) in [6.45, 7) is 8.49. The van der Waals surface area contributed by atoms with E-state index in [4.69, 9.17) is 0 Å². The molecule has 1 saturated carbocycles. The van der Waals surface area contributed by atoms with E-state index in [0.29, 0.717) is 0 Å². The molecule has 0 saturated heterocycles. The Bertz CT molecular complexity index is 354. The zero-order valence-electron chi connectivity index (χ0n) is 11.8. The molecule has 2 rings (SSSR count). The van der Waals surface area contributed by atoms with Crippen molar-refractivity contribution in [2.45, 2.75) is 59.0 Å². The Morgan fingerprint density at radius 2 is 2.06 bits per heavy atom. The molecule has 1 unspecified atom stereocenters. The summed E-state index contributed by atoms with van der Waals surface area (Å²) in [6, 6.07) is 0.229. The lowest BCUT2D eigenvalue weighted by Crippen LogP contribution is -2.25. The topological polar surface area (TPSA) is 55.6 Å². The third-order valence-corrected chi connectivity index (χ3v) is 4.02. The quantitative estimate of drug-likeness (QED) is 0.871. The van der Waals surface area contributed by atoms with Gasteiger partial charge in [0.25, 0.3) is 0 Å². The molecule has 5 heteroatoms. The molecule has 1 fully saturated rings. The average molecular weight is 251 g/mol. The van der Waals surface area contributed by atoms with Gasteiger partial charge in [0.1, 0.15) is 0 Å². The predicted octanol–water partition coefficient (Wildman–Crippen LogP) is 2.17. The number of rotatable bonds is 5. The zero-order valence-corrected chi connectivity index (χ0v) is 11.8. The molecule has 5 nitrogen and oxygen atoms in total. The van der Waals surface area contributed by atoms with Crippen LogP contribution in [0, 0.1) is 11.8 Å². The lowest BCUT2D eigenvalue weighted by atomic mass is 9.83. The lowest BCUT2D eigenvalue weighted by molar-refractivity contribution is 0.252. The molecule has 0 radical (unpaired) electrons. The van der Waals surface area contributed by atoms with Gasteiger partial charge in [-0.25, -0.2) is 4.68 Å². The smallest absolute Gasteiger partial charge is 0.167 e. The highest BCUT2D eigenvalue weighted by Crippen LogP contribution is 2.29. The zero-order chi connectivity index (χ0) is 13.0. The van der Waals surface area contributed by atoms with Crippen molar-refractivity contribution < 1.29 is 0 Å². The van der Waals surface area contributed by atoms with Crippen LogP contribution in [-0.2, 0) is 6.54 Å². The van der Waals surface area contributed by atoms with E-state index in [-0.39, 0.29) is 6.04 Å². The highest BCUT2D eigenvalue weighted by Gasteiger charge is 2.21. The first kappa shape index (κ1) is 13.5. The van der Waals surface area contributed by atoms with E-state index in [9.17, 15) is 0 Å². The summed E-state index contributed by atoms with van der Waals surface area (Å²) >= 11 is 0. The number of hydrogen-bond acceptors (Lipinski definition) is 4. The summed E-state index contributed by atoms with van der Waals surface area (Å²) in [7, 11) is 0. The molecule has 0 aromatic carbocycles. The molecule has 18 heavy (non-hydrogen) atoms. The molecule has 1 aliphatic rings. The first-order valence-electron chi connectivity index (χ1n) is 7.20. The molecule has 1 atom stereocenters. The highest BCUT2D eigenvalue weighted by atomic mass is 15.5. The minimum atomic E-state index is 0.229. The number of nitrogens with zero attached hydrogens (tertiary/aromatic N) is 4. The molecular weight excluding hydrogens is 226 g/mol. The number of hydrogen-bond donors (Lipinski definition) is 1. The predicted molar refractivity (Wildman–Crippen MR) is 71.0 cm³/mol. The molecule has 0 bridgehead atoms. The fourth-order valence-electron chi connectivity index (χ4n) is 2.81. The van der Waals surface area contributed by atoms with Gasteiger partial charge in [0.2, 0.25) is 0 Å². The van der Waals surface area contributed by atoms with Crippen molar-refractivity contribution in [3.63, 3.8) is 0 Å². The van der Waals surface area contributed by atoms with Gasteiger partial charge in [-0.3, -0.25) is 0 Å². The Morgan fingerprint density at radius 3 is 2.72 bits per heavy atom. The maximum Gasteiger partial charge on any atom is 0.167 e. The van der Waals surface area contributed by atoms with Gasteiger partial charge in [-0.1, -0.05) is 26.7 Å². The lowest BCUT2D eigenvalue weighted by Gasteiger charge is -2.26. The van der Waals surface area contributed by atoms with Gasteiger partial charge in [0, 0.05) is 6.54 Å². The Balaban J connectivity index is 1.95. The molecule has 0 amide bonds. The molecule has 1 aliphatic carbocycles. The summed E-state index contributed by atoms with van der Waals surface area (Å²) in [4.78, 5) is 0. The first-order chi connectivity index (χ1) is 8.70. The van der Waals surface area contributed by atoms with Crippen molar-refractivity contribution in [2.24, 2.45) is 11.8 Å². The fraction of sp³-hybridized carbons (Fsp3) is 0.923. The molecule has 102 valence electrons. The number of aromatic nitrogens is 4. The van der Waals surface area contributed by atoms with Crippen LogP contribution in [0.15, 0.2) is 0 Å². The molecule has 1 aromatic heterocycles. The number of tetrazole rings is 1. The second-order valence-corrected chi connectivity index (χ2v) is 5.62. The SMILES string of the molecule is CCNC(C)c1nnnn1CC1CCC(C)CC1.